The fourth-order valence-electron chi connectivity index (χ4n) is 16.9. The normalized spacial score (nSPS) is 17.1. The molecule has 0 saturated carbocycles. The third kappa shape index (κ3) is 26.2. The molecule has 16 rings (SSSR count). The molecule has 674 valence electrons. The number of halogens is 4. The summed E-state index contributed by atoms with van der Waals surface area (Å²) >= 11 is 26.7. The molecule has 0 aromatic heterocycles. The SMILES string of the molecule is CC(C)(O)COc1ccc(N2CCN(Cc3ccccc3)C[C@H]2c2ccccc2)c(Cl)c1.CCOC(=O)COc1ccc(N2CCN(Cc3ccccc3)C[C@H]2c2ccccc2)c(Cl)c1.C[C@H](c1ccc(C#N)cc1)N1CCN(c2ccc(OCCO)cc2Cl)[C@H](c2ccccc2)C1.NC(=O)c1ccc(N2CCN(C(=O)[C@H](O)c3ccccc3)C[C@H]2c2ccccc2)c(Cl)c1. The van der Waals surface area contributed by atoms with Crippen LogP contribution >= 0.6 is 46.4 Å². The van der Waals surface area contributed by atoms with Crippen LogP contribution in [-0.4, -0.2) is 170 Å². The van der Waals surface area contributed by atoms with Crippen molar-refractivity contribution < 1.29 is 48.7 Å². The summed E-state index contributed by atoms with van der Waals surface area (Å²) in [6.07, 6.45) is -1.21. The number of nitrogens with zero attached hydrogens (tertiary/aromatic N) is 9. The van der Waals surface area contributed by atoms with Gasteiger partial charge in [0.1, 0.15) is 30.5 Å². The number of aliphatic hydroxyl groups excluding tert-OH is 2. The van der Waals surface area contributed by atoms with Crippen LogP contribution in [0.15, 0.2) is 309 Å². The zero-order chi connectivity index (χ0) is 91.5. The number of primary amides is 1. The molecule has 12 aromatic carbocycles. The van der Waals surface area contributed by atoms with Gasteiger partial charge >= 0.3 is 5.97 Å². The van der Waals surface area contributed by atoms with Crippen LogP contribution in [0.2, 0.25) is 20.1 Å². The molecule has 24 heteroatoms. The van der Waals surface area contributed by atoms with Crippen LogP contribution in [0.4, 0.5) is 22.7 Å². The van der Waals surface area contributed by atoms with Crippen molar-refractivity contribution in [2.24, 2.45) is 5.73 Å². The van der Waals surface area contributed by atoms with Crippen LogP contribution in [0.25, 0.3) is 0 Å². The number of carbonyl (C=O) groups excluding carboxylic acids is 3. The quantitative estimate of drug-likeness (QED) is 0.0351. The zero-order valence-corrected chi connectivity index (χ0v) is 76.7. The summed E-state index contributed by atoms with van der Waals surface area (Å²) in [6, 6.07) is 105. The summed E-state index contributed by atoms with van der Waals surface area (Å²) in [5.74, 6) is 0.615. The molecule has 0 radical (unpaired) electrons. The first-order valence-electron chi connectivity index (χ1n) is 44.0. The van der Waals surface area contributed by atoms with E-state index in [2.05, 4.69) is 199 Å². The lowest BCUT2D eigenvalue weighted by Crippen LogP contribution is -2.51. The minimum atomic E-state index is -1.21. The van der Waals surface area contributed by atoms with Crippen LogP contribution in [0, 0.1) is 11.3 Å². The van der Waals surface area contributed by atoms with Crippen molar-refractivity contribution >= 4 is 86.9 Å². The molecule has 4 aliphatic heterocycles. The number of nitriles is 1. The Morgan fingerprint density at radius 1 is 0.462 bits per heavy atom. The first-order valence-corrected chi connectivity index (χ1v) is 45.5. The molecule has 130 heavy (non-hydrogen) atoms. The number of ether oxygens (including phenoxy) is 4. The molecule has 4 fully saturated rings. The molecule has 0 bridgehead atoms. The number of benzene rings is 12. The van der Waals surface area contributed by atoms with Crippen molar-refractivity contribution in [1.29, 1.82) is 5.26 Å². The lowest BCUT2D eigenvalue weighted by atomic mass is 9.98. The predicted octanol–water partition coefficient (Wildman–Crippen LogP) is 19.7. The van der Waals surface area contributed by atoms with Gasteiger partial charge in [-0.05, 0) is 139 Å². The van der Waals surface area contributed by atoms with Gasteiger partial charge in [0, 0.05) is 121 Å². The van der Waals surface area contributed by atoms with Gasteiger partial charge in [0.2, 0.25) is 5.91 Å². The van der Waals surface area contributed by atoms with E-state index in [4.69, 9.17) is 81.5 Å². The fraction of sp³-hybridized carbons (Fsp3) is 0.283. The monoisotopic (exact) mass is 1820 g/mol. The van der Waals surface area contributed by atoms with E-state index >= 15 is 0 Å². The van der Waals surface area contributed by atoms with E-state index in [1.165, 1.54) is 33.4 Å². The van der Waals surface area contributed by atoms with Crippen LogP contribution < -0.4 is 39.5 Å². The second-order valence-electron chi connectivity index (χ2n) is 33.1. The number of hydrogen-bond donors (Lipinski definition) is 4. The molecule has 0 spiro atoms. The second kappa shape index (κ2) is 47.1. The minimum Gasteiger partial charge on any atom is -0.491 e. The van der Waals surface area contributed by atoms with Crippen molar-refractivity contribution in [1.82, 2.24) is 19.6 Å². The topological polar surface area (TPSA) is 225 Å². The molecule has 4 saturated heterocycles. The Kier molecular flexibility index (Phi) is 34.6. The van der Waals surface area contributed by atoms with Gasteiger partial charge in [-0.15, -0.1) is 0 Å². The van der Waals surface area contributed by atoms with E-state index in [1.807, 2.05) is 109 Å². The Labute approximate surface area is 783 Å². The minimum absolute atomic E-state index is 0.0329. The van der Waals surface area contributed by atoms with Crippen LogP contribution in [0.3, 0.4) is 0 Å². The van der Waals surface area contributed by atoms with E-state index in [1.54, 1.807) is 74.2 Å². The first-order chi connectivity index (χ1) is 63.1. The maximum absolute atomic E-state index is 13.1. The van der Waals surface area contributed by atoms with Gasteiger partial charge in [0.05, 0.1) is 97.5 Å². The molecule has 0 unspecified atom stereocenters. The standard InChI is InChI=1S/C27H28ClN3O2.C27H29ClN2O3.C27H31ClN2O2.C25H24ClN3O3/c1-20(22-9-7-21(18-29)8-10-22)30-13-14-31(27(19-30)23-5-3-2-4-6-23)26-12-11-24(17-25(26)28)33-16-15-32;1-2-32-27(31)20-33-23-13-14-25(24(28)17-23)30-16-15-29(18-21-9-5-3-6-10-21)19-26(30)22-11-7-4-8-12-22;1-27(2,31)20-32-23-13-14-25(24(28)17-23)30-16-15-29(18-21-9-5-3-6-10-21)19-26(30)22-11-7-4-8-12-22;26-20-15-19(24(27)31)11-12-21(20)29-14-13-28(16-22(29)17-7-3-1-4-8-17)25(32)23(30)18-9-5-2-6-10-18/h2-12,17,20,27,32H,13-16,19H2,1H3;3-14,17,26H,2,15-16,18-20H2,1H3;3-14,17,26,31H,15-16,18-20H2,1-2H3;1-12,15,22-23,30H,13-14,16H2,(H2,27,31)/t20-,27+;2*26-;22-,23+/m1000/s1. The molecule has 4 aliphatic rings. The molecular weight excluding hydrogens is 1720 g/mol. The Morgan fingerprint density at radius 3 is 1.25 bits per heavy atom. The summed E-state index contributed by atoms with van der Waals surface area (Å²) in [5.41, 5.74) is 18.5. The number of hydrogen-bond acceptors (Lipinski definition) is 18. The Bertz CT molecular complexity index is 5650. The summed E-state index contributed by atoms with van der Waals surface area (Å²) < 4.78 is 21.7. The number of piperazine rings is 4. The van der Waals surface area contributed by atoms with Gasteiger partial charge < -0.3 is 64.5 Å². The van der Waals surface area contributed by atoms with Crippen LogP contribution in [-0.2, 0) is 27.4 Å². The average molecular weight is 1830 g/mol. The lowest BCUT2D eigenvalue weighted by molar-refractivity contribution is -0.145. The highest BCUT2D eigenvalue weighted by Crippen LogP contribution is 2.44. The second-order valence-corrected chi connectivity index (χ2v) is 34.7. The summed E-state index contributed by atoms with van der Waals surface area (Å²) in [6.45, 7) is 19.3. The highest BCUT2D eigenvalue weighted by Gasteiger charge is 2.38. The maximum Gasteiger partial charge on any atom is 0.344 e. The summed E-state index contributed by atoms with van der Waals surface area (Å²) in [7, 11) is 0. The summed E-state index contributed by atoms with van der Waals surface area (Å²) in [4.78, 5) is 54.6. The van der Waals surface area contributed by atoms with Gasteiger partial charge in [-0.3, -0.25) is 24.3 Å². The third-order valence-corrected chi connectivity index (χ3v) is 24.7. The molecule has 20 nitrogen and oxygen atoms in total. The van der Waals surface area contributed by atoms with Crippen molar-refractivity contribution in [3.63, 3.8) is 0 Å². The molecule has 4 heterocycles. The van der Waals surface area contributed by atoms with Gasteiger partial charge in [-0.25, -0.2) is 4.79 Å². The number of anilines is 4. The zero-order valence-electron chi connectivity index (χ0n) is 73.7. The first kappa shape index (κ1) is 95.6. The highest BCUT2D eigenvalue weighted by atomic mass is 35.5. The molecule has 6 atom stereocenters. The van der Waals surface area contributed by atoms with Crippen molar-refractivity contribution in [3.05, 3.63) is 385 Å². The number of carbonyl (C=O) groups is 3. The van der Waals surface area contributed by atoms with Gasteiger partial charge in [0.25, 0.3) is 5.91 Å². The molecular formula is C106H112Cl4N10O10. The maximum atomic E-state index is 13.1. The van der Waals surface area contributed by atoms with Crippen molar-refractivity contribution in [2.45, 2.75) is 82.7 Å². The summed E-state index contributed by atoms with van der Waals surface area (Å²) in [5, 5.41) is 41.0. The van der Waals surface area contributed by atoms with Crippen LogP contribution in [0.1, 0.15) is 124 Å². The number of aliphatic hydroxyl groups is 3. The lowest BCUT2D eigenvalue weighted by Gasteiger charge is -2.45. The van der Waals surface area contributed by atoms with E-state index in [0.717, 1.165) is 100 Å². The van der Waals surface area contributed by atoms with E-state index in [9.17, 15) is 24.6 Å². The molecule has 5 N–H and O–H groups in total. The number of nitrogens with two attached hydrogens (primary N) is 1. The van der Waals surface area contributed by atoms with E-state index < -0.39 is 23.6 Å². The van der Waals surface area contributed by atoms with E-state index in [-0.39, 0.29) is 62.5 Å². The molecule has 2 amide bonds. The average Bonchev–Trinajstić information content (AvgIpc) is 0.804. The number of rotatable bonds is 27. The molecule has 0 aliphatic carbocycles. The van der Waals surface area contributed by atoms with Gasteiger partial charge in [0.15, 0.2) is 12.7 Å². The van der Waals surface area contributed by atoms with Gasteiger partial charge in [-0.1, -0.05) is 271 Å². The molecule has 12 aromatic rings. The number of esters is 1. The largest absolute Gasteiger partial charge is 0.491 e. The van der Waals surface area contributed by atoms with Gasteiger partial charge in [-0.2, -0.15) is 5.26 Å². The van der Waals surface area contributed by atoms with E-state index in [0.29, 0.717) is 80.3 Å². The smallest absolute Gasteiger partial charge is 0.344 e. The number of amides is 2. The Hall–Kier alpha value is -11.9. The highest BCUT2D eigenvalue weighted by molar-refractivity contribution is 6.34. The predicted molar refractivity (Wildman–Crippen MR) is 520 cm³/mol. The van der Waals surface area contributed by atoms with Crippen molar-refractivity contribution in [3.8, 4) is 23.3 Å². The van der Waals surface area contributed by atoms with Crippen LogP contribution in [0.5, 0.6) is 17.2 Å². The Morgan fingerprint density at radius 2 is 0.846 bits per heavy atom. The third-order valence-electron chi connectivity index (χ3n) is 23.5. The fourth-order valence-corrected chi connectivity index (χ4v) is 18.0. The van der Waals surface area contributed by atoms with Crippen molar-refractivity contribution in [2.75, 3.05) is 131 Å². The Balaban J connectivity index is 0.000000148.